The Morgan fingerprint density at radius 3 is 2.85 bits per heavy atom. The van der Waals surface area contributed by atoms with E-state index in [9.17, 15) is 10.1 Å². The average Bonchev–Trinajstić information content (AvgIpc) is 3.54. The van der Waals surface area contributed by atoms with E-state index in [2.05, 4.69) is 26.5 Å². The van der Waals surface area contributed by atoms with Gasteiger partial charge in [-0.3, -0.25) is 4.79 Å². The van der Waals surface area contributed by atoms with Gasteiger partial charge in [0.2, 0.25) is 0 Å². The minimum atomic E-state index is -0.169. The Labute approximate surface area is 163 Å². The zero-order chi connectivity index (χ0) is 18.8. The summed E-state index contributed by atoms with van der Waals surface area (Å²) in [6.45, 7) is 9.00. The van der Waals surface area contributed by atoms with Gasteiger partial charge in [-0.05, 0) is 84.9 Å². The highest BCUT2D eigenvalue weighted by molar-refractivity contribution is 5.83. The number of rotatable bonds is 2. The highest BCUT2D eigenvalue weighted by Crippen LogP contribution is 2.82. The van der Waals surface area contributed by atoms with Gasteiger partial charge in [0, 0.05) is 12.8 Å². The van der Waals surface area contributed by atoms with Gasteiger partial charge in [-0.1, -0.05) is 31.1 Å². The fraction of sp³-hybridized carbons (Fsp3) is 0.760. The van der Waals surface area contributed by atoms with E-state index in [0.717, 1.165) is 55.3 Å². The predicted molar refractivity (Wildman–Crippen MR) is 104 cm³/mol. The third-order valence-corrected chi connectivity index (χ3v) is 10.6. The van der Waals surface area contributed by atoms with Crippen LogP contribution in [0, 0.1) is 63.1 Å². The predicted octanol–water partition coefficient (Wildman–Crippen LogP) is 5.46. The van der Waals surface area contributed by atoms with Crippen LogP contribution >= 0.6 is 0 Å². The molecule has 0 bridgehead atoms. The molecule has 2 heteroatoms. The van der Waals surface area contributed by atoms with E-state index in [-0.39, 0.29) is 16.2 Å². The van der Waals surface area contributed by atoms with Crippen LogP contribution < -0.4 is 0 Å². The molecule has 2 nitrogen and oxygen atoms in total. The zero-order valence-corrected chi connectivity index (χ0v) is 16.8. The summed E-state index contributed by atoms with van der Waals surface area (Å²) in [6, 6.07) is 2.88. The number of hydrogen-bond acceptors (Lipinski definition) is 2. The van der Waals surface area contributed by atoms with Gasteiger partial charge in [-0.25, -0.2) is 0 Å². The van der Waals surface area contributed by atoms with Crippen molar-refractivity contribution in [2.75, 3.05) is 0 Å². The molecule has 0 saturated heterocycles. The van der Waals surface area contributed by atoms with Gasteiger partial charge in [0.05, 0.1) is 11.5 Å². The van der Waals surface area contributed by atoms with Crippen molar-refractivity contribution in [3.05, 3.63) is 23.8 Å². The molecule has 0 spiro atoms. The largest absolute Gasteiger partial charge is 0.299 e. The van der Waals surface area contributed by atoms with Crippen LogP contribution in [0.15, 0.2) is 23.8 Å². The Morgan fingerprint density at radius 2 is 2.11 bits per heavy atom. The minimum absolute atomic E-state index is 0.163. The molecular formula is C25H31NO. The first-order valence-electron chi connectivity index (χ1n) is 11.2. The lowest BCUT2D eigenvalue weighted by molar-refractivity contribution is -0.123. The van der Waals surface area contributed by atoms with Gasteiger partial charge >= 0.3 is 0 Å². The Hall–Kier alpha value is -1.36. The summed E-state index contributed by atoms with van der Waals surface area (Å²) >= 11 is 0. The molecule has 6 aliphatic rings. The van der Waals surface area contributed by atoms with Gasteiger partial charge in [0.1, 0.15) is 5.78 Å². The Kier molecular flexibility index (Phi) is 2.94. The lowest BCUT2D eigenvalue weighted by atomic mass is 9.44. The molecule has 0 aromatic rings. The zero-order valence-electron chi connectivity index (χ0n) is 16.8. The second-order valence-electron chi connectivity index (χ2n) is 11.2. The van der Waals surface area contributed by atoms with Crippen LogP contribution in [0.4, 0.5) is 0 Å². The number of fused-ring (bicyclic) bond motifs is 9. The molecule has 5 saturated carbocycles. The smallest absolute Gasteiger partial charge is 0.136 e. The molecule has 27 heavy (non-hydrogen) atoms. The lowest BCUT2D eigenvalue weighted by Gasteiger charge is -2.59. The molecule has 0 amide bonds. The maximum absolute atomic E-state index is 12.2. The fourth-order valence-corrected chi connectivity index (χ4v) is 9.33. The van der Waals surface area contributed by atoms with Crippen LogP contribution in [-0.2, 0) is 4.79 Å². The molecule has 0 unspecified atom stereocenters. The maximum atomic E-state index is 12.2. The van der Waals surface area contributed by atoms with Gasteiger partial charge in [-0.15, -0.1) is 6.58 Å². The Morgan fingerprint density at radius 1 is 1.30 bits per heavy atom. The van der Waals surface area contributed by atoms with E-state index in [1.165, 1.54) is 25.7 Å². The molecule has 0 heterocycles. The molecular weight excluding hydrogens is 330 g/mol. The molecule has 9 atom stereocenters. The molecule has 6 aliphatic carbocycles. The first-order chi connectivity index (χ1) is 12.9. The van der Waals surface area contributed by atoms with Crippen molar-refractivity contribution < 1.29 is 4.79 Å². The molecule has 0 aromatic carbocycles. The number of nitrogens with zero attached hydrogens (tertiary/aromatic N) is 1. The van der Waals surface area contributed by atoms with Crippen molar-refractivity contribution >= 4 is 5.78 Å². The molecule has 6 rings (SSSR count). The summed E-state index contributed by atoms with van der Waals surface area (Å²) in [5, 5.41) is 10.3. The highest BCUT2D eigenvalue weighted by Gasteiger charge is 2.78. The number of carbonyl (C=O) groups is 1. The van der Waals surface area contributed by atoms with Crippen LogP contribution in [0.25, 0.3) is 0 Å². The molecule has 5 fully saturated rings. The van der Waals surface area contributed by atoms with Crippen molar-refractivity contribution in [1.29, 1.82) is 5.26 Å². The number of Topliss-reactive ketones (excluding diaryl/α,β-unsaturated/α-hetero) is 1. The van der Waals surface area contributed by atoms with Crippen LogP contribution in [0.5, 0.6) is 0 Å². The monoisotopic (exact) mass is 361 g/mol. The average molecular weight is 362 g/mol. The Balaban J connectivity index is 1.46. The first-order valence-corrected chi connectivity index (χ1v) is 11.2. The Bertz CT molecular complexity index is 847. The van der Waals surface area contributed by atoms with Crippen molar-refractivity contribution in [3.8, 4) is 6.07 Å². The number of hydrogen-bond donors (Lipinski definition) is 0. The lowest BCUT2D eigenvalue weighted by Crippen LogP contribution is -2.54. The molecule has 142 valence electrons. The third-order valence-electron chi connectivity index (χ3n) is 10.6. The summed E-state index contributed by atoms with van der Waals surface area (Å²) < 4.78 is 0. The van der Waals surface area contributed by atoms with Gasteiger partial charge in [0.25, 0.3) is 0 Å². The van der Waals surface area contributed by atoms with Gasteiger partial charge < -0.3 is 0 Å². The fourth-order valence-electron chi connectivity index (χ4n) is 9.33. The topological polar surface area (TPSA) is 40.9 Å². The standard InChI is InChI=1S/C25H31NO/c1-4-7-25(13-26)20-12-17(20)22-21-16-11-15(16)19-10-14(27)5-8-23(19,2)18(21)6-9-24(22,25)3/h4,16-18,20-22H,1,5-12H2,2-3H3/t16-,17+,18-,20-,21+,22-,23+,24-,25-/m0/s1. The van der Waals surface area contributed by atoms with Crippen LogP contribution in [-0.4, -0.2) is 5.78 Å². The van der Waals surface area contributed by atoms with Crippen molar-refractivity contribution in [2.24, 2.45) is 51.8 Å². The van der Waals surface area contributed by atoms with E-state index in [1.807, 2.05) is 6.08 Å². The second-order valence-corrected chi connectivity index (χ2v) is 11.2. The summed E-state index contributed by atoms with van der Waals surface area (Å²) in [4.78, 5) is 12.2. The van der Waals surface area contributed by atoms with Gasteiger partial charge in [0.15, 0.2) is 0 Å². The van der Waals surface area contributed by atoms with E-state index >= 15 is 0 Å². The van der Waals surface area contributed by atoms with Crippen LogP contribution in [0.1, 0.15) is 65.2 Å². The second kappa shape index (κ2) is 4.79. The summed E-state index contributed by atoms with van der Waals surface area (Å²) in [5.41, 5.74) is 3.50. The van der Waals surface area contributed by atoms with E-state index in [4.69, 9.17) is 0 Å². The van der Waals surface area contributed by atoms with Crippen molar-refractivity contribution in [2.45, 2.75) is 65.2 Å². The van der Waals surface area contributed by atoms with E-state index in [1.54, 1.807) is 11.1 Å². The van der Waals surface area contributed by atoms with Crippen LogP contribution in [0.2, 0.25) is 0 Å². The van der Waals surface area contributed by atoms with Gasteiger partial charge in [-0.2, -0.15) is 5.26 Å². The summed E-state index contributed by atoms with van der Waals surface area (Å²) in [7, 11) is 0. The normalized spacial score (nSPS) is 56.9. The van der Waals surface area contributed by atoms with E-state index < -0.39 is 0 Å². The van der Waals surface area contributed by atoms with Crippen molar-refractivity contribution in [3.63, 3.8) is 0 Å². The SMILES string of the molecule is C=CC[C@]1(C#N)[C@H]2C[C@H]2[C@H]2[C@@H]3[C@H]4CC4=C4CC(=O)CC[C@]4(C)[C@H]3CC[C@@]21C. The number of ketones is 1. The van der Waals surface area contributed by atoms with Crippen LogP contribution in [0.3, 0.4) is 0 Å². The molecule has 0 N–H and O–H groups in total. The third kappa shape index (κ3) is 1.68. The first kappa shape index (κ1) is 16.6. The highest BCUT2D eigenvalue weighted by atomic mass is 16.1. The van der Waals surface area contributed by atoms with Crippen molar-refractivity contribution in [1.82, 2.24) is 0 Å². The molecule has 0 aliphatic heterocycles. The number of carbonyl (C=O) groups excluding carboxylic acids is 1. The summed E-state index contributed by atoms with van der Waals surface area (Å²) in [5.74, 6) is 4.84. The molecule has 0 aromatic heterocycles. The number of allylic oxidation sites excluding steroid dienone is 3. The summed E-state index contributed by atoms with van der Waals surface area (Å²) in [6.07, 6.45) is 10.5. The maximum Gasteiger partial charge on any atom is 0.136 e. The quantitative estimate of drug-likeness (QED) is 0.613. The minimum Gasteiger partial charge on any atom is -0.299 e. The molecule has 0 radical (unpaired) electrons. The van der Waals surface area contributed by atoms with E-state index in [0.29, 0.717) is 11.7 Å². The number of nitriles is 1.